The zero-order valence-electron chi connectivity index (χ0n) is 15.8. The topological polar surface area (TPSA) is 104 Å². The maximum atomic E-state index is 12.5. The normalized spacial score (nSPS) is 13.8. The van der Waals surface area contributed by atoms with Crippen molar-refractivity contribution in [2.45, 2.75) is 24.6 Å². The third-order valence-electron chi connectivity index (χ3n) is 4.91. The Kier molecular flexibility index (Phi) is 5.72. The van der Waals surface area contributed by atoms with Crippen molar-refractivity contribution < 1.29 is 13.2 Å². The van der Waals surface area contributed by atoms with Crippen LogP contribution in [-0.4, -0.2) is 44.2 Å². The van der Waals surface area contributed by atoms with E-state index in [0.29, 0.717) is 5.56 Å². The van der Waals surface area contributed by atoms with Gasteiger partial charge in [-0.05, 0) is 54.3 Å². The summed E-state index contributed by atoms with van der Waals surface area (Å²) in [4.78, 5) is 25.6. The number of hydrogen-bond donors (Lipinski definition) is 0. The Bertz CT molecular complexity index is 1190. The van der Waals surface area contributed by atoms with Gasteiger partial charge in [0.15, 0.2) is 9.84 Å². The molecule has 0 amide bonds. The fourth-order valence-electron chi connectivity index (χ4n) is 2.77. The average molecular weight is 435 g/mol. The number of benzene rings is 1. The molecule has 0 spiro atoms. The fourth-order valence-corrected chi connectivity index (χ4v) is 4.04. The molecule has 0 aliphatic carbocycles. The summed E-state index contributed by atoms with van der Waals surface area (Å²) in [7, 11) is -3.73. The lowest BCUT2D eigenvalue weighted by atomic mass is 10.1. The first-order chi connectivity index (χ1) is 13.6. The second-order valence-electron chi connectivity index (χ2n) is 6.84. The molecule has 0 N–H and O–H groups in total. The van der Waals surface area contributed by atoms with Gasteiger partial charge < -0.3 is 4.57 Å². The van der Waals surface area contributed by atoms with Crippen molar-refractivity contribution in [3.05, 3.63) is 65.3 Å². The van der Waals surface area contributed by atoms with Crippen molar-refractivity contribution in [1.82, 2.24) is 19.6 Å². The molecule has 3 aromatic rings. The standard InChI is InChI=1S/C19H19ClN4O4S/c1-19(18(20)26,29(2,27)28)8-12-23-11-7-15(13-17(23)25)14-3-5-16(6-4-14)24-21-9-10-22-24/h3-7,9-11,13H,8,12H2,1-2H3. The van der Waals surface area contributed by atoms with E-state index in [2.05, 4.69) is 10.2 Å². The maximum Gasteiger partial charge on any atom is 0.251 e. The van der Waals surface area contributed by atoms with Crippen LogP contribution in [0.15, 0.2) is 59.8 Å². The van der Waals surface area contributed by atoms with E-state index in [1.807, 2.05) is 24.3 Å². The number of carbonyl (C=O) groups excluding carboxylic acids is 1. The molecule has 3 rings (SSSR count). The van der Waals surface area contributed by atoms with Crippen LogP contribution in [0.4, 0.5) is 0 Å². The largest absolute Gasteiger partial charge is 0.315 e. The molecular weight excluding hydrogens is 416 g/mol. The van der Waals surface area contributed by atoms with Crippen molar-refractivity contribution >= 4 is 26.7 Å². The van der Waals surface area contributed by atoms with Gasteiger partial charge in [0.25, 0.3) is 5.56 Å². The van der Waals surface area contributed by atoms with Gasteiger partial charge in [0, 0.05) is 25.1 Å². The Morgan fingerprint density at radius 3 is 2.24 bits per heavy atom. The van der Waals surface area contributed by atoms with E-state index in [1.165, 1.54) is 22.4 Å². The Labute approximate surface area is 172 Å². The number of aryl methyl sites for hydroxylation is 1. The number of aromatic nitrogens is 4. The van der Waals surface area contributed by atoms with Gasteiger partial charge in [-0.3, -0.25) is 9.59 Å². The lowest BCUT2D eigenvalue weighted by Crippen LogP contribution is -2.42. The van der Waals surface area contributed by atoms with Gasteiger partial charge in [-0.1, -0.05) is 12.1 Å². The van der Waals surface area contributed by atoms with Gasteiger partial charge >= 0.3 is 0 Å². The van der Waals surface area contributed by atoms with Crippen molar-refractivity contribution in [2.24, 2.45) is 0 Å². The number of hydrogen-bond acceptors (Lipinski definition) is 6. The second-order valence-corrected chi connectivity index (χ2v) is 9.63. The number of sulfone groups is 1. The fraction of sp³-hybridized carbons (Fsp3) is 0.263. The second kappa shape index (κ2) is 7.92. The van der Waals surface area contributed by atoms with Gasteiger partial charge in [0.2, 0.25) is 5.24 Å². The first-order valence-corrected chi connectivity index (χ1v) is 11.0. The number of halogens is 1. The summed E-state index contributed by atoms with van der Waals surface area (Å²) < 4.78 is 23.5. The summed E-state index contributed by atoms with van der Waals surface area (Å²) in [5, 5.41) is 7.16. The summed E-state index contributed by atoms with van der Waals surface area (Å²) >= 11 is 5.51. The third kappa shape index (κ3) is 4.30. The minimum Gasteiger partial charge on any atom is -0.315 e. The molecular formula is C19H19ClN4O4S. The molecule has 1 unspecified atom stereocenters. The highest BCUT2D eigenvalue weighted by Crippen LogP contribution is 2.25. The third-order valence-corrected chi connectivity index (χ3v) is 7.47. The summed E-state index contributed by atoms with van der Waals surface area (Å²) in [6.45, 7) is 1.32. The van der Waals surface area contributed by atoms with Crippen LogP contribution in [0.1, 0.15) is 13.3 Å². The zero-order valence-corrected chi connectivity index (χ0v) is 17.4. The highest BCUT2D eigenvalue weighted by Gasteiger charge is 2.42. The molecule has 2 heterocycles. The predicted molar refractivity (Wildman–Crippen MR) is 110 cm³/mol. The maximum absolute atomic E-state index is 12.5. The number of nitrogens with zero attached hydrogens (tertiary/aromatic N) is 4. The van der Waals surface area contributed by atoms with Gasteiger partial charge in [-0.2, -0.15) is 15.0 Å². The molecule has 1 aromatic carbocycles. The molecule has 0 fully saturated rings. The highest BCUT2D eigenvalue weighted by molar-refractivity contribution is 7.93. The van der Waals surface area contributed by atoms with Crippen LogP contribution in [0.25, 0.3) is 16.8 Å². The van der Waals surface area contributed by atoms with Gasteiger partial charge in [-0.25, -0.2) is 8.42 Å². The van der Waals surface area contributed by atoms with Crippen molar-refractivity contribution in [3.8, 4) is 16.8 Å². The number of pyridine rings is 1. The molecule has 29 heavy (non-hydrogen) atoms. The summed E-state index contributed by atoms with van der Waals surface area (Å²) in [6, 6.07) is 10.6. The monoisotopic (exact) mass is 434 g/mol. The Morgan fingerprint density at radius 1 is 1.10 bits per heavy atom. The van der Waals surface area contributed by atoms with E-state index in [4.69, 9.17) is 11.6 Å². The molecule has 0 saturated carbocycles. The van der Waals surface area contributed by atoms with Crippen molar-refractivity contribution in [3.63, 3.8) is 0 Å². The van der Waals surface area contributed by atoms with Crippen LogP contribution in [0.2, 0.25) is 0 Å². The molecule has 10 heteroatoms. The van der Waals surface area contributed by atoms with Crippen LogP contribution in [0.5, 0.6) is 0 Å². The van der Waals surface area contributed by atoms with Crippen LogP contribution in [-0.2, 0) is 21.2 Å². The molecule has 0 aliphatic heterocycles. The van der Waals surface area contributed by atoms with E-state index in [-0.39, 0.29) is 18.5 Å². The van der Waals surface area contributed by atoms with Crippen LogP contribution in [0, 0.1) is 0 Å². The SMILES string of the molecule is CC(CCn1ccc(-c2ccc(-n3nccn3)cc2)cc1=O)(C(=O)Cl)S(C)(=O)=O. The molecule has 1 atom stereocenters. The van der Waals surface area contributed by atoms with E-state index in [0.717, 1.165) is 17.5 Å². The van der Waals surface area contributed by atoms with Crippen molar-refractivity contribution in [2.75, 3.05) is 6.26 Å². The van der Waals surface area contributed by atoms with Gasteiger partial charge in [-0.15, -0.1) is 0 Å². The average Bonchev–Trinajstić information content (AvgIpc) is 3.20. The highest BCUT2D eigenvalue weighted by atomic mass is 35.5. The van der Waals surface area contributed by atoms with E-state index >= 15 is 0 Å². The molecule has 8 nitrogen and oxygen atoms in total. The lowest BCUT2D eigenvalue weighted by Gasteiger charge is -2.23. The Morgan fingerprint density at radius 2 is 1.72 bits per heavy atom. The molecule has 152 valence electrons. The minimum absolute atomic E-state index is 0.0467. The van der Waals surface area contributed by atoms with Crippen LogP contribution < -0.4 is 5.56 Å². The van der Waals surface area contributed by atoms with Crippen LogP contribution in [0.3, 0.4) is 0 Å². The summed E-state index contributed by atoms with van der Waals surface area (Å²) in [5.74, 6) is 0. The molecule has 0 bridgehead atoms. The van der Waals surface area contributed by atoms with Crippen LogP contribution >= 0.6 is 11.6 Å². The molecule has 0 aliphatic rings. The number of carbonyl (C=O) groups is 1. The van der Waals surface area contributed by atoms with Gasteiger partial charge in [0.05, 0.1) is 18.1 Å². The summed E-state index contributed by atoms with van der Waals surface area (Å²) in [5.41, 5.74) is 2.03. The van der Waals surface area contributed by atoms with E-state index in [9.17, 15) is 18.0 Å². The molecule has 2 aromatic heterocycles. The Balaban J connectivity index is 1.80. The van der Waals surface area contributed by atoms with Crippen molar-refractivity contribution in [1.29, 1.82) is 0 Å². The lowest BCUT2D eigenvalue weighted by molar-refractivity contribution is -0.113. The summed E-state index contributed by atoms with van der Waals surface area (Å²) in [6.07, 6.45) is 5.60. The predicted octanol–water partition coefficient (Wildman–Crippen LogP) is 2.05. The van der Waals surface area contributed by atoms with Gasteiger partial charge in [0.1, 0.15) is 4.75 Å². The first-order valence-electron chi connectivity index (χ1n) is 8.69. The number of rotatable bonds is 7. The quantitative estimate of drug-likeness (QED) is 0.527. The minimum atomic E-state index is -3.73. The zero-order chi connectivity index (χ0) is 21.2. The van der Waals surface area contributed by atoms with E-state index in [1.54, 1.807) is 24.7 Å². The first kappa shape index (κ1) is 20.9. The molecule has 0 radical (unpaired) electrons. The Hall–Kier alpha value is -2.78. The van der Waals surface area contributed by atoms with E-state index < -0.39 is 19.8 Å². The molecule has 0 saturated heterocycles. The smallest absolute Gasteiger partial charge is 0.251 e.